The van der Waals surface area contributed by atoms with Gasteiger partial charge in [0.25, 0.3) is 0 Å². The first-order chi connectivity index (χ1) is 10.2. The second kappa shape index (κ2) is 10.7. The fourth-order valence-corrected chi connectivity index (χ4v) is 2.26. The van der Waals surface area contributed by atoms with Crippen LogP contribution in [0.5, 0.6) is 0 Å². The van der Waals surface area contributed by atoms with Gasteiger partial charge in [0.05, 0.1) is 0 Å². The quantitative estimate of drug-likeness (QED) is 0.279. The molecule has 0 spiro atoms. The molecule has 1 aliphatic carbocycles. The van der Waals surface area contributed by atoms with Crippen LogP contribution in [-0.4, -0.2) is 14.8 Å². The van der Waals surface area contributed by atoms with E-state index < -0.39 is 0 Å². The van der Waals surface area contributed by atoms with Crippen LogP contribution in [-0.2, 0) is 25.8 Å². The normalized spacial score (nSPS) is 11.9. The molecule has 0 bridgehead atoms. The zero-order chi connectivity index (χ0) is 14.7. The first kappa shape index (κ1) is 22.9. The Morgan fingerprint density at radius 1 is 1.17 bits per heavy atom. The molecule has 4 rings (SSSR count). The topological polar surface area (TPSA) is 30.7 Å². The molecule has 1 heterocycles. The maximum Gasteiger partial charge on any atom is 4.00 e. The summed E-state index contributed by atoms with van der Waals surface area (Å²) in [7, 11) is 0. The van der Waals surface area contributed by atoms with Crippen LogP contribution >= 0.6 is 0 Å². The van der Waals surface area contributed by atoms with Crippen molar-refractivity contribution in [2.24, 2.45) is 0 Å². The van der Waals surface area contributed by atoms with E-state index in [1.807, 2.05) is 12.1 Å². The van der Waals surface area contributed by atoms with E-state index in [9.17, 15) is 0 Å². The van der Waals surface area contributed by atoms with Crippen LogP contribution in [0.15, 0.2) is 66.3 Å². The van der Waals surface area contributed by atoms with Crippen LogP contribution in [0, 0.1) is 6.08 Å². The minimum atomic E-state index is 0. The minimum Gasteiger partial charge on any atom is -1.00 e. The van der Waals surface area contributed by atoms with Gasteiger partial charge in [-0.1, -0.05) is 13.0 Å². The molecule has 6 heteroatoms. The Kier molecular flexibility index (Phi) is 10.2. The van der Waals surface area contributed by atoms with E-state index in [-0.39, 0.29) is 50.7 Å². The molecule has 0 fully saturated rings. The molecule has 0 saturated carbocycles. The molecule has 0 aliphatic heterocycles. The number of halogens is 2. The van der Waals surface area contributed by atoms with Gasteiger partial charge in [-0.2, -0.15) is 11.2 Å². The predicted molar refractivity (Wildman–Crippen MR) is 85.3 cm³/mol. The van der Waals surface area contributed by atoms with E-state index >= 15 is 0 Å². The van der Waals surface area contributed by atoms with Crippen LogP contribution in [0.2, 0.25) is 0 Å². The van der Waals surface area contributed by atoms with Gasteiger partial charge in [0.15, 0.2) is 0 Å². The molecule has 0 amide bonds. The van der Waals surface area contributed by atoms with Gasteiger partial charge in [-0.3, -0.25) is 6.08 Å². The summed E-state index contributed by atoms with van der Waals surface area (Å²) >= 11 is 0. The van der Waals surface area contributed by atoms with Crippen molar-refractivity contribution in [1.82, 2.24) is 14.8 Å². The molecule has 0 N–H and O–H groups in total. The van der Waals surface area contributed by atoms with Crippen LogP contribution in [0.3, 0.4) is 0 Å². The van der Waals surface area contributed by atoms with Crippen molar-refractivity contribution in [3.8, 4) is 5.69 Å². The maximum atomic E-state index is 4.09. The Balaban J connectivity index is 0.000000463. The van der Waals surface area contributed by atoms with E-state index in [0.717, 1.165) is 12.1 Å². The number of aromatic nitrogens is 3. The zero-order valence-electron chi connectivity index (χ0n) is 13.5. The predicted octanol–water partition coefficient (Wildman–Crippen LogP) is -1.77. The molecular formula is C18H17Cl2HfN3. The van der Waals surface area contributed by atoms with Gasteiger partial charge in [-0.15, -0.1) is 54.4 Å². The third kappa shape index (κ3) is 5.47. The fraction of sp³-hybridized carbons (Fsp3) is 0.167. The number of benzene rings is 1. The van der Waals surface area contributed by atoms with Gasteiger partial charge in [0.2, 0.25) is 0 Å². The zero-order valence-corrected chi connectivity index (χ0v) is 18.6. The first-order valence-corrected chi connectivity index (χ1v) is 6.99. The van der Waals surface area contributed by atoms with Crippen molar-refractivity contribution in [3.63, 3.8) is 0 Å². The average molecular weight is 525 g/mol. The third-order valence-corrected chi connectivity index (χ3v) is 3.65. The summed E-state index contributed by atoms with van der Waals surface area (Å²) in [6, 6.07) is 12.5. The van der Waals surface area contributed by atoms with E-state index in [0.29, 0.717) is 0 Å². The largest absolute Gasteiger partial charge is 4.00 e. The maximum absolute atomic E-state index is 4.09. The Morgan fingerprint density at radius 2 is 1.92 bits per heavy atom. The summed E-state index contributed by atoms with van der Waals surface area (Å²) < 4.78 is 1.76. The van der Waals surface area contributed by atoms with Gasteiger partial charge in [-0.25, -0.2) is 20.8 Å². The van der Waals surface area contributed by atoms with E-state index in [1.165, 1.54) is 28.2 Å². The number of hydrogen-bond acceptors (Lipinski definition) is 2. The molecule has 3 aromatic rings. The van der Waals surface area contributed by atoms with Gasteiger partial charge in [0.1, 0.15) is 12.7 Å². The van der Waals surface area contributed by atoms with E-state index in [1.54, 1.807) is 11.0 Å². The molecular weight excluding hydrogens is 508 g/mol. The van der Waals surface area contributed by atoms with Gasteiger partial charge < -0.3 is 24.8 Å². The van der Waals surface area contributed by atoms with Crippen molar-refractivity contribution < 1.29 is 50.7 Å². The summed E-state index contributed by atoms with van der Waals surface area (Å²) in [6.07, 6.45) is 9.65. The standard InChI is InChI=1S/C11H8N3.C7H9.2ClH.Hf/c1-2-4-10-6-11(5-9(10)3-1)14-8-12-7-13-14;1-6-4-3-5-7(6)2;;;/h1-8H;4H,3H2,1-2H3;2*1H;/q2*-1;;;+4/p-2. The van der Waals surface area contributed by atoms with Gasteiger partial charge >= 0.3 is 25.8 Å². The van der Waals surface area contributed by atoms with E-state index in [4.69, 9.17) is 0 Å². The van der Waals surface area contributed by atoms with Crippen molar-refractivity contribution in [2.75, 3.05) is 0 Å². The number of hydrogen-bond donors (Lipinski definition) is 0. The number of fused-ring (bicyclic) bond motifs is 1. The summed E-state index contributed by atoms with van der Waals surface area (Å²) in [5.74, 6) is 0. The van der Waals surface area contributed by atoms with Crippen LogP contribution in [0.4, 0.5) is 0 Å². The molecule has 0 atom stereocenters. The fourth-order valence-electron chi connectivity index (χ4n) is 2.26. The van der Waals surface area contributed by atoms with Crippen LogP contribution in [0.1, 0.15) is 20.3 Å². The SMILES string of the molecule is CC1=[C-]CC=C1C.[Cl-].[Cl-].[Hf+4].c1ccc2[cH-]c(-n3cncn3)cc2c1. The first-order valence-electron chi connectivity index (χ1n) is 6.99. The Bertz CT molecular complexity index is 756. The average Bonchev–Trinajstić information content (AvgIpc) is 3.21. The Labute approximate surface area is 173 Å². The number of nitrogens with zero attached hydrogens (tertiary/aromatic N) is 3. The van der Waals surface area contributed by atoms with Crippen molar-refractivity contribution >= 4 is 10.8 Å². The smallest absolute Gasteiger partial charge is 1.00 e. The summed E-state index contributed by atoms with van der Waals surface area (Å²) in [5, 5.41) is 6.56. The molecule has 2 aromatic carbocycles. The molecule has 0 radical (unpaired) electrons. The Hall–Kier alpha value is -1.10. The van der Waals surface area contributed by atoms with Crippen molar-refractivity contribution in [3.05, 3.63) is 72.4 Å². The van der Waals surface area contributed by atoms with Crippen molar-refractivity contribution in [1.29, 1.82) is 0 Å². The summed E-state index contributed by atoms with van der Waals surface area (Å²) in [4.78, 5) is 3.92. The molecule has 0 unspecified atom stereocenters. The molecule has 122 valence electrons. The summed E-state index contributed by atoms with van der Waals surface area (Å²) in [5.41, 5.74) is 3.77. The third-order valence-electron chi connectivity index (χ3n) is 3.65. The van der Waals surface area contributed by atoms with Gasteiger partial charge in [0, 0.05) is 0 Å². The van der Waals surface area contributed by atoms with E-state index in [2.05, 4.69) is 60.3 Å². The minimum absolute atomic E-state index is 0. The summed E-state index contributed by atoms with van der Waals surface area (Å²) in [6.45, 7) is 4.22. The second-order valence-electron chi connectivity index (χ2n) is 5.08. The van der Waals surface area contributed by atoms with Gasteiger partial charge in [-0.05, 0) is 5.69 Å². The molecule has 1 aromatic heterocycles. The monoisotopic (exact) mass is 525 g/mol. The molecule has 3 nitrogen and oxygen atoms in total. The molecule has 0 saturated heterocycles. The van der Waals surface area contributed by atoms with Crippen molar-refractivity contribution in [2.45, 2.75) is 20.3 Å². The second-order valence-corrected chi connectivity index (χ2v) is 5.08. The number of allylic oxidation sites excluding steroid dienone is 4. The Morgan fingerprint density at radius 3 is 2.42 bits per heavy atom. The van der Waals surface area contributed by atoms with Crippen LogP contribution < -0.4 is 24.8 Å². The van der Waals surface area contributed by atoms with Crippen LogP contribution in [0.25, 0.3) is 16.5 Å². The molecule has 1 aliphatic rings. The number of rotatable bonds is 1. The molecule has 24 heavy (non-hydrogen) atoms.